The lowest BCUT2D eigenvalue weighted by Gasteiger charge is -2.71. The van der Waals surface area contributed by atoms with E-state index in [1.165, 1.54) is 46.0 Å². The van der Waals surface area contributed by atoms with E-state index in [9.17, 15) is 14.4 Å². The molecule has 4 aliphatic carbocycles. The molecule has 1 saturated heterocycles. The minimum atomic E-state index is -0.827. The molecule has 4 unspecified atom stereocenters. The maximum absolute atomic E-state index is 12.4. The van der Waals surface area contributed by atoms with Crippen molar-refractivity contribution in [3.05, 3.63) is 0 Å². The Hall–Kier alpha value is -1.47. The van der Waals surface area contributed by atoms with Crippen LogP contribution in [0.2, 0.25) is 0 Å². The van der Waals surface area contributed by atoms with Crippen molar-refractivity contribution in [3.63, 3.8) is 0 Å². The molecular weight excluding hydrogens is 604 g/mol. The third kappa shape index (κ3) is 5.91. The Morgan fingerprint density at radius 1 is 0.875 bits per heavy atom. The van der Waals surface area contributed by atoms with Crippen molar-refractivity contribution in [2.45, 2.75) is 177 Å². The molecule has 7 heteroatoms. The SMILES string of the molecule is CC[C@H]1O[C@H](O[C@@](C)(CCC=O)C2CC[C@]3(C)[C@@H]2C(C)CC2[C@@]4(C)CC[C@H](C)C(C)(C)C4CC[C@]23C)[C@H](OC(C)=O)[C@@H](C)[C@@H]1OC(C)=O. The first-order chi connectivity index (χ1) is 22.3. The first-order valence-corrected chi connectivity index (χ1v) is 19.4. The maximum atomic E-state index is 12.4. The summed E-state index contributed by atoms with van der Waals surface area (Å²) < 4.78 is 25.4. The van der Waals surface area contributed by atoms with Gasteiger partial charge in [-0.3, -0.25) is 9.59 Å². The number of hydrogen-bond acceptors (Lipinski definition) is 7. The Balaban J connectivity index is 1.49. The molecule has 15 atom stereocenters. The lowest BCUT2D eigenvalue weighted by molar-refractivity contribution is -0.326. The van der Waals surface area contributed by atoms with Crippen LogP contribution in [0.25, 0.3) is 0 Å². The van der Waals surface area contributed by atoms with Gasteiger partial charge in [0.2, 0.25) is 0 Å². The molecular formula is C41H68O7. The van der Waals surface area contributed by atoms with Crippen LogP contribution >= 0.6 is 0 Å². The fraction of sp³-hybridized carbons (Fsp3) is 0.927. The Morgan fingerprint density at radius 2 is 1.50 bits per heavy atom. The number of aldehydes is 1. The molecule has 0 amide bonds. The number of hydrogen-bond donors (Lipinski definition) is 0. The minimum absolute atomic E-state index is 0.148. The van der Waals surface area contributed by atoms with E-state index in [0.29, 0.717) is 47.8 Å². The van der Waals surface area contributed by atoms with Crippen molar-refractivity contribution in [1.82, 2.24) is 0 Å². The Kier molecular flexibility index (Phi) is 10.4. The van der Waals surface area contributed by atoms with E-state index in [2.05, 4.69) is 55.4 Å². The van der Waals surface area contributed by atoms with Crippen LogP contribution in [-0.2, 0) is 33.3 Å². The number of carbonyl (C=O) groups excluding carboxylic acids is 3. The van der Waals surface area contributed by atoms with Gasteiger partial charge in [-0.2, -0.15) is 0 Å². The van der Waals surface area contributed by atoms with Gasteiger partial charge in [0, 0.05) is 26.2 Å². The van der Waals surface area contributed by atoms with Gasteiger partial charge in [-0.15, -0.1) is 0 Å². The van der Waals surface area contributed by atoms with Crippen LogP contribution in [0.4, 0.5) is 0 Å². The van der Waals surface area contributed by atoms with Gasteiger partial charge < -0.3 is 23.7 Å². The van der Waals surface area contributed by atoms with Crippen molar-refractivity contribution < 1.29 is 33.3 Å². The molecule has 7 nitrogen and oxygen atoms in total. The fourth-order valence-electron chi connectivity index (χ4n) is 13.3. The van der Waals surface area contributed by atoms with E-state index in [-0.39, 0.29) is 28.6 Å². The van der Waals surface area contributed by atoms with Crippen LogP contribution in [0.1, 0.15) is 147 Å². The van der Waals surface area contributed by atoms with Gasteiger partial charge in [0.25, 0.3) is 0 Å². The summed E-state index contributed by atoms with van der Waals surface area (Å²) in [7, 11) is 0. The number of esters is 2. The molecule has 1 heterocycles. The number of fused-ring (bicyclic) bond motifs is 5. The molecule has 5 fully saturated rings. The fourth-order valence-corrected chi connectivity index (χ4v) is 13.3. The summed E-state index contributed by atoms with van der Waals surface area (Å²) in [5.41, 5.74) is 0.412. The molecule has 48 heavy (non-hydrogen) atoms. The van der Waals surface area contributed by atoms with Gasteiger partial charge in [0.15, 0.2) is 12.4 Å². The Bertz CT molecular complexity index is 1220. The molecule has 0 radical (unpaired) electrons. The van der Waals surface area contributed by atoms with E-state index in [0.717, 1.165) is 31.0 Å². The predicted octanol–water partition coefficient (Wildman–Crippen LogP) is 8.94. The van der Waals surface area contributed by atoms with Crippen molar-refractivity contribution in [2.24, 2.45) is 63.1 Å². The van der Waals surface area contributed by atoms with Crippen molar-refractivity contribution in [2.75, 3.05) is 0 Å². The highest BCUT2D eigenvalue weighted by molar-refractivity contribution is 5.67. The lowest BCUT2D eigenvalue weighted by Crippen LogP contribution is -2.65. The molecule has 0 bridgehead atoms. The van der Waals surface area contributed by atoms with E-state index in [1.807, 2.05) is 13.8 Å². The van der Waals surface area contributed by atoms with Crippen molar-refractivity contribution in [3.8, 4) is 0 Å². The van der Waals surface area contributed by atoms with Crippen LogP contribution in [0.5, 0.6) is 0 Å². The highest BCUT2D eigenvalue weighted by Crippen LogP contribution is 2.77. The first-order valence-electron chi connectivity index (χ1n) is 19.4. The molecule has 0 aromatic carbocycles. The zero-order valence-corrected chi connectivity index (χ0v) is 32.4. The summed E-state index contributed by atoms with van der Waals surface area (Å²) in [5.74, 6) is 2.25. The minimum Gasteiger partial charge on any atom is -0.459 e. The van der Waals surface area contributed by atoms with Gasteiger partial charge >= 0.3 is 11.9 Å². The molecule has 1 aliphatic heterocycles. The van der Waals surface area contributed by atoms with Crippen LogP contribution in [0.3, 0.4) is 0 Å². The van der Waals surface area contributed by atoms with E-state index in [4.69, 9.17) is 18.9 Å². The number of carbonyl (C=O) groups is 3. The summed E-state index contributed by atoms with van der Waals surface area (Å²) in [6, 6.07) is 0. The highest BCUT2D eigenvalue weighted by Gasteiger charge is 2.71. The topological polar surface area (TPSA) is 88.1 Å². The van der Waals surface area contributed by atoms with Crippen LogP contribution in [0.15, 0.2) is 0 Å². The molecule has 0 spiro atoms. The quantitative estimate of drug-likeness (QED) is 0.179. The zero-order chi connectivity index (χ0) is 35.6. The molecule has 274 valence electrons. The zero-order valence-electron chi connectivity index (χ0n) is 32.4. The summed E-state index contributed by atoms with van der Waals surface area (Å²) >= 11 is 0. The maximum Gasteiger partial charge on any atom is 0.303 e. The van der Waals surface area contributed by atoms with Gasteiger partial charge in [-0.25, -0.2) is 0 Å². The first kappa shape index (κ1) is 37.8. The van der Waals surface area contributed by atoms with Gasteiger partial charge in [-0.05, 0) is 122 Å². The summed E-state index contributed by atoms with van der Waals surface area (Å²) in [6.07, 6.45) is 8.77. The molecule has 5 rings (SSSR count). The molecule has 4 saturated carbocycles. The molecule has 0 aromatic heterocycles. The molecule has 0 N–H and O–H groups in total. The summed E-state index contributed by atoms with van der Waals surface area (Å²) in [4.78, 5) is 36.4. The largest absolute Gasteiger partial charge is 0.459 e. The highest BCUT2D eigenvalue weighted by atomic mass is 16.7. The van der Waals surface area contributed by atoms with Crippen LogP contribution in [0, 0.1) is 63.1 Å². The van der Waals surface area contributed by atoms with E-state index < -0.39 is 36.2 Å². The third-order valence-electron chi connectivity index (χ3n) is 16.2. The monoisotopic (exact) mass is 672 g/mol. The van der Waals surface area contributed by atoms with Crippen LogP contribution < -0.4 is 0 Å². The van der Waals surface area contributed by atoms with E-state index in [1.54, 1.807) is 0 Å². The molecule has 5 aliphatic rings. The predicted molar refractivity (Wildman–Crippen MR) is 187 cm³/mol. The van der Waals surface area contributed by atoms with Gasteiger partial charge in [-0.1, -0.05) is 62.3 Å². The lowest BCUT2D eigenvalue weighted by atomic mass is 9.34. The summed E-state index contributed by atoms with van der Waals surface area (Å²) in [6.45, 7) is 27.0. The Morgan fingerprint density at radius 3 is 2.10 bits per heavy atom. The third-order valence-corrected chi connectivity index (χ3v) is 16.2. The van der Waals surface area contributed by atoms with E-state index >= 15 is 0 Å². The summed E-state index contributed by atoms with van der Waals surface area (Å²) in [5, 5.41) is 0. The van der Waals surface area contributed by atoms with Crippen molar-refractivity contribution >= 4 is 18.2 Å². The second-order valence-corrected chi connectivity index (χ2v) is 18.7. The average Bonchev–Trinajstić information content (AvgIpc) is 3.39. The second-order valence-electron chi connectivity index (χ2n) is 18.7. The van der Waals surface area contributed by atoms with Crippen LogP contribution in [-0.4, -0.2) is 48.4 Å². The Labute approximate surface area is 291 Å². The average molecular weight is 673 g/mol. The van der Waals surface area contributed by atoms with Crippen molar-refractivity contribution in [1.29, 1.82) is 0 Å². The number of rotatable bonds is 9. The smallest absolute Gasteiger partial charge is 0.303 e. The normalized spacial score (nSPS) is 47.9. The standard InChI is InChI=1S/C41H68O7/c1-13-30-34(45-27(5)43)26(4)35(46-28(6)44)36(47-30)48-41(12,18-14-22-42)29-16-20-40(11)33(29)24(2)23-32-38(9)19-15-25(3)37(7,8)31(38)17-21-39(32,40)10/h22,24-26,29-36H,13-21,23H2,1-12H3/t24?,25-,26-,29?,30+,31?,32?,33+,34-,35+,36+,38-,39+,40+,41-/m0/s1. The van der Waals surface area contributed by atoms with Gasteiger partial charge in [0.1, 0.15) is 12.4 Å². The molecule has 0 aromatic rings. The van der Waals surface area contributed by atoms with Gasteiger partial charge in [0.05, 0.1) is 11.7 Å². The number of ether oxygens (including phenoxy) is 4. The second kappa shape index (κ2) is 13.3.